The molecule has 0 aliphatic rings. The highest BCUT2D eigenvalue weighted by Crippen LogP contribution is 2.47. The highest BCUT2D eigenvalue weighted by Gasteiger charge is 2.35. The van der Waals surface area contributed by atoms with Crippen LogP contribution in [0.5, 0.6) is 0 Å². The average molecular weight is 1080 g/mol. The van der Waals surface area contributed by atoms with E-state index in [1.165, 1.54) is 12.1 Å². The van der Waals surface area contributed by atoms with E-state index in [1.54, 1.807) is 48.5 Å². The molecule has 0 unspecified atom stereocenters. The Morgan fingerprint density at radius 2 is 0.619 bits per heavy atom. The molecule has 84 heavy (non-hydrogen) atoms. The van der Waals surface area contributed by atoms with Crippen LogP contribution in [-0.2, 0) is 6.18 Å². The summed E-state index contributed by atoms with van der Waals surface area (Å²) in [6.07, 6.45) is -4.89. The Kier molecular flexibility index (Phi) is 12.5. The average Bonchev–Trinajstić information content (AvgIpc) is 3.68. The summed E-state index contributed by atoms with van der Waals surface area (Å²) in [7, 11) is 0. The molecule has 0 radical (unpaired) electrons. The monoisotopic (exact) mass is 1080 g/mol. The molecular weight excluding hydrogens is 1050 g/mol. The van der Waals surface area contributed by atoms with E-state index in [9.17, 15) is 31.6 Å². The second-order valence-electron chi connectivity index (χ2n) is 20.3. The SMILES string of the molecule is N#Cc1cccc(-c2ccc3c(c2)c2cc(-c4cccc(C#N)c4)ccc2n3-c2ccc(-c3ccc(C#N)cc3C(F)(F)F)c(-c3cc(C#N)ccc3-n3c4ccc(-c5cccc(C#N)c5)cc4c4cc(-c5cccc(C#N)c5)ccc43)c2)c1. The van der Waals surface area contributed by atoms with Gasteiger partial charge in [-0.05, 0) is 201 Å². The lowest BCUT2D eigenvalue weighted by atomic mass is 9.89. The van der Waals surface area contributed by atoms with Gasteiger partial charge >= 0.3 is 6.18 Å². The zero-order chi connectivity index (χ0) is 57.8. The Hall–Kier alpha value is -12.3. The molecule has 0 spiro atoms. The van der Waals surface area contributed by atoms with Crippen molar-refractivity contribution in [3.8, 4) is 115 Å². The third kappa shape index (κ3) is 8.87. The van der Waals surface area contributed by atoms with Crippen LogP contribution in [0.15, 0.2) is 224 Å². The van der Waals surface area contributed by atoms with Crippen molar-refractivity contribution in [2.45, 2.75) is 6.18 Å². The number of alkyl halides is 3. The van der Waals surface area contributed by atoms with E-state index in [-0.39, 0.29) is 22.3 Å². The molecule has 0 aliphatic heterocycles. The summed E-state index contributed by atoms with van der Waals surface area (Å²) < 4.78 is 50.8. The fourth-order valence-corrected chi connectivity index (χ4v) is 11.6. The molecule has 13 rings (SSSR count). The Bertz CT molecular complexity index is 5000. The summed E-state index contributed by atoms with van der Waals surface area (Å²) in [5.41, 5.74) is 12.6. The van der Waals surface area contributed by atoms with E-state index in [0.29, 0.717) is 44.8 Å². The fourth-order valence-electron chi connectivity index (χ4n) is 11.6. The van der Waals surface area contributed by atoms with E-state index in [2.05, 4.69) is 63.7 Å². The number of aromatic nitrogens is 2. The Labute approximate surface area is 479 Å². The largest absolute Gasteiger partial charge is 0.417 e. The summed E-state index contributed by atoms with van der Waals surface area (Å²) >= 11 is 0. The van der Waals surface area contributed by atoms with Crippen molar-refractivity contribution in [1.82, 2.24) is 9.13 Å². The quantitative estimate of drug-likeness (QED) is 0.148. The van der Waals surface area contributed by atoms with Crippen LogP contribution in [0.25, 0.3) is 122 Å². The Morgan fingerprint density at radius 1 is 0.274 bits per heavy atom. The van der Waals surface area contributed by atoms with Crippen molar-refractivity contribution in [2.24, 2.45) is 0 Å². The van der Waals surface area contributed by atoms with Gasteiger partial charge < -0.3 is 9.13 Å². The maximum Gasteiger partial charge on any atom is 0.417 e. The first-order valence-electron chi connectivity index (χ1n) is 26.5. The second kappa shape index (κ2) is 20.4. The molecule has 0 amide bonds. The number of fused-ring (bicyclic) bond motifs is 6. The molecule has 11 heteroatoms. The first-order valence-corrected chi connectivity index (χ1v) is 26.5. The minimum absolute atomic E-state index is 0.165. The number of halogens is 3. The molecule has 0 fully saturated rings. The fraction of sp³-hybridized carbons (Fsp3) is 0.0137. The second-order valence-corrected chi connectivity index (χ2v) is 20.3. The van der Waals surface area contributed by atoms with Gasteiger partial charge in [-0.25, -0.2) is 0 Å². The minimum atomic E-state index is -4.89. The number of hydrogen-bond acceptors (Lipinski definition) is 6. The summed E-state index contributed by atoms with van der Waals surface area (Å²) in [5, 5.41) is 63.4. The molecule has 13 aromatic rings. The lowest BCUT2D eigenvalue weighted by Crippen LogP contribution is -2.08. The maximum atomic E-state index is 15.6. The Morgan fingerprint density at radius 3 is 1.01 bits per heavy atom. The third-order valence-corrected chi connectivity index (χ3v) is 15.5. The molecule has 0 saturated heterocycles. The molecule has 0 bridgehead atoms. The lowest BCUT2D eigenvalue weighted by molar-refractivity contribution is -0.137. The van der Waals surface area contributed by atoms with Gasteiger partial charge in [0, 0.05) is 32.8 Å². The van der Waals surface area contributed by atoms with Crippen molar-refractivity contribution in [1.29, 1.82) is 31.6 Å². The number of hydrogen-bond donors (Lipinski definition) is 0. The maximum absolute atomic E-state index is 15.6. The summed E-state index contributed by atoms with van der Waals surface area (Å²) in [5.74, 6) is 0. The van der Waals surface area contributed by atoms with Gasteiger partial charge in [0.2, 0.25) is 0 Å². The van der Waals surface area contributed by atoms with Gasteiger partial charge in [-0.15, -0.1) is 0 Å². The van der Waals surface area contributed by atoms with E-state index in [0.717, 1.165) is 94.2 Å². The van der Waals surface area contributed by atoms with Crippen molar-refractivity contribution in [3.05, 3.63) is 263 Å². The summed E-state index contributed by atoms with van der Waals surface area (Å²) in [6.45, 7) is 0. The van der Waals surface area contributed by atoms with Gasteiger partial charge in [0.25, 0.3) is 0 Å². The van der Waals surface area contributed by atoms with Gasteiger partial charge in [-0.3, -0.25) is 0 Å². The number of nitriles is 6. The number of benzene rings is 11. The molecule has 0 aliphatic carbocycles. The zero-order valence-corrected chi connectivity index (χ0v) is 44.1. The molecular formula is C73H37F3N8. The van der Waals surface area contributed by atoms with E-state index in [1.807, 2.05) is 140 Å². The van der Waals surface area contributed by atoms with Crippen LogP contribution >= 0.6 is 0 Å². The van der Waals surface area contributed by atoms with Crippen LogP contribution in [0.2, 0.25) is 0 Å². The predicted molar refractivity (Wildman–Crippen MR) is 321 cm³/mol. The van der Waals surface area contributed by atoms with Gasteiger partial charge in [0.1, 0.15) is 0 Å². The van der Waals surface area contributed by atoms with Gasteiger partial charge in [-0.1, -0.05) is 84.9 Å². The molecule has 0 atom stereocenters. The minimum Gasteiger partial charge on any atom is -0.309 e. The van der Waals surface area contributed by atoms with Gasteiger partial charge in [-0.2, -0.15) is 44.7 Å². The van der Waals surface area contributed by atoms with Crippen molar-refractivity contribution < 1.29 is 13.2 Å². The summed E-state index contributed by atoms with van der Waals surface area (Å²) in [4.78, 5) is 0. The topological polar surface area (TPSA) is 153 Å². The van der Waals surface area contributed by atoms with Crippen molar-refractivity contribution in [3.63, 3.8) is 0 Å². The third-order valence-electron chi connectivity index (χ3n) is 15.5. The van der Waals surface area contributed by atoms with Gasteiger partial charge in [0.15, 0.2) is 0 Å². The Balaban J connectivity index is 1.11. The highest BCUT2D eigenvalue weighted by molar-refractivity contribution is 6.14. The molecule has 390 valence electrons. The normalized spacial score (nSPS) is 11.2. The van der Waals surface area contributed by atoms with Crippen LogP contribution in [-0.4, -0.2) is 9.13 Å². The molecule has 0 saturated carbocycles. The lowest BCUT2D eigenvalue weighted by Gasteiger charge is -2.21. The van der Waals surface area contributed by atoms with Crippen LogP contribution in [0.3, 0.4) is 0 Å². The molecule has 8 nitrogen and oxygen atoms in total. The number of rotatable bonds is 8. The van der Waals surface area contributed by atoms with E-state index >= 15 is 13.2 Å². The van der Waals surface area contributed by atoms with Crippen molar-refractivity contribution >= 4 is 43.6 Å². The van der Waals surface area contributed by atoms with Crippen LogP contribution in [0.1, 0.15) is 38.9 Å². The van der Waals surface area contributed by atoms with Gasteiger partial charge in [0.05, 0.1) is 103 Å². The molecule has 2 aromatic heterocycles. The van der Waals surface area contributed by atoms with Crippen LogP contribution in [0, 0.1) is 68.0 Å². The number of nitrogens with zero attached hydrogens (tertiary/aromatic N) is 8. The predicted octanol–water partition coefficient (Wildman–Crippen LogP) is 18.1. The zero-order valence-electron chi connectivity index (χ0n) is 44.1. The molecule has 11 aromatic carbocycles. The van der Waals surface area contributed by atoms with Crippen LogP contribution in [0.4, 0.5) is 13.2 Å². The first-order chi connectivity index (χ1) is 40.9. The smallest absolute Gasteiger partial charge is 0.309 e. The first kappa shape index (κ1) is 51.2. The van der Waals surface area contributed by atoms with E-state index in [4.69, 9.17) is 0 Å². The van der Waals surface area contributed by atoms with Crippen molar-refractivity contribution in [2.75, 3.05) is 0 Å². The molecule has 2 heterocycles. The summed E-state index contributed by atoms with van der Waals surface area (Å²) in [6, 6.07) is 80.6. The molecule has 0 N–H and O–H groups in total. The van der Waals surface area contributed by atoms with Crippen LogP contribution < -0.4 is 0 Å². The highest BCUT2D eigenvalue weighted by atomic mass is 19.4. The standard InChI is InChI=1S/C73H37F3N8/c74-73(75,76)67-32-49(43-82)13-20-60(67)59-21-19-58(83-68-23-15-54(50-9-1-5-44(27-50)38-77)33-63(68)64-34-55(16-24-69(64)83)51-10-2-6-45(28-51)39-78)37-61(59)62-31-48(42-81)14-22-70(62)84-71-25-17-56(52-11-3-7-46(29-52)40-79)35-65(71)66-36-57(18-26-72(66)84)53-12-4-8-47(30-53)41-80/h1-37H. The van der Waals surface area contributed by atoms with E-state index < -0.39 is 11.7 Å².